The zero-order valence-corrected chi connectivity index (χ0v) is 14.7. The molecule has 136 valence electrons. The Labute approximate surface area is 141 Å². The topological polar surface area (TPSA) is 102 Å². The van der Waals surface area contributed by atoms with Gasteiger partial charge in [0.05, 0.1) is 6.04 Å². The molecule has 2 atom stereocenters. The van der Waals surface area contributed by atoms with Gasteiger partial charge in [0.1, 0.15) is 6.54 Å². The SMILES string of the molecule is CC(OC(=O)CNC(=O)C(C)C)OC(=O)N(C)[C@@H]1CCCCC1=O. The average Bonchev–Trinajstić information content (AvgIpc) is 2.51. The average molecular weight is 342 g/mol. The summed E-state index contributed by atoms with van der Waals surface area (Å²) in [7, 11) is 1.49. The standard InChI is InChI=1S/C16H26N2O6/c1-10(2)15(21)17-9-14(20)23-11(3)24-16(22)18(4)12-7-5-6-8-13(12)19/h10-12H,5-9H2,1-4H3,(H,17,21)/t11?,12-/m1/s1. The second kappa shape index (κ2) is 9.24. The maximum Gasteiger partial charge on any atom is 0.413 e. The molecule has 0 aromatic heterocycles. The van der Waals surface area contributed by atoms with Gasteiger partial charge in [-0.1, -0.05) is 20.3 Å². The van der Waals surface area contributed by atoms with Gasteiger partial charge >= 0.3 is 12.1 Å². The van der Waals surface area contributed by atoms with Crippen LogP contribution in [0.4, 0.5) is 4.79 Å². The minimum absolute atomic E-state index is 0.0155. The number of nitrogens with one attached hydrogen (secondary N) is 1. The molecule has 1 rings (SSSR count). The molecule has 2 amide bonds. The van der Waals surface area contributed by atoms with Gasteiger partial charge < -0.3 is 19.7 Å². The van der Waals surface area contributed by atoms with Crippen molar-refractivity contribution in [1.82, 2.24) is 10.2 Å². The number of hydrogen-bond donors (Lipinski definition) is 1. The highest BCUT2D eigenvalue weighted by molar-refractivity contribution is 5.88. The molecule has 1 saturated carbocycles. The van der Waals surface area contributed by atoms with E-state index >= 15 is 0 Å². The molecular formula is C16H26N2O6. The van der Waals surface area contributed by atoms with Crippen molar-refractivity contribution >= 4 is 23.8 Å². The fourth-order valence-corrected chi connectivity index (χ4v) is 2.34. The minimum Gasteiger partial charge on any atom is -0.424 e. The molecule has 0 aliphatic heterocycles. The van der Waals surface area contributed by atoms with E-state index in [4.69, 9.17) is 9.47 Å². The van der Waals surface area contributed by atoms with Crippen LogP contribution in [0.2, 0.25) is 0 Å². The van der Waals surface area contributed by atoms with Crippen LogP contribution < -0.4 is 5.32 Å². The third-order valence-electron chi connectivity index (χ3n) is 3.77. The summed E-state index contributed by atoms with van der Waals surface area (Å²) in [5, 5.41) is 2.41. The van der Waals surface area contributed by atoms with Gasteiger partial charge in [0.15, 0.2) is 5.78 Å². The third-order valence-corrected chi connectivity index (χ3v) is 3.77. The number of carbonyl (C=O) groups is 4. The second-order valence-corrected chi connectivity index (χ2v) is 6.15. The van der Waals surface area contributed by atoms with E-state index in [1.54, 1.807) is 13.8 Å². The van der Waals surface area contributed by atoms with E-state index in [0.29, 0.717) is 12.8 Å². The van der Waals surface area contributed by atoms with Crippen molar-refractivity contribution in [2.75, 3.05) is 13.6 Å². The molecule has 1 N–H and O–H groups in total. The summed E-state index contributed by atoms with van der Waals surface area (Å²) in [6, 6.07) is -0.487. The number of ketones is 1. The minimum atomic E-state index is -1.11. The monoisotopic (exact) mass is 342 g/mol. The van der Waals surface area contributed by atoms with Gasteiger partial charge in [0.25, 0.3) is 0 Å². The maximum atomic E-state index is 12.0. The Balaban J connectivity index is 2.39. The summed E-state index contributed by atoms with van der Waals surface area (Å²) in [5.74, 6) is -1.20. The quantitative estimate of drug-likeness (QED) is 0.575. The van der Waals surface area contributed by atoms with Crippen molar-refractivity contribution in [2.45, 2.75) is 58.8 Å². The van der Waals surface area contributed by atoms with Crippen LogP contribution in [0.5, 0.6) is 0 Å². The van der Waals surface area contributed by atoms with Crippen LogP contribution in [0.1, 0.15) is 46.5 Å². The Morgan fingerprint density at radius 2 is 1.88 bits per heavy atom. The number of rotatable bonds is 6. The molecule has 0 heterocycles. The van der Waals surface area contributed by atoms with E-state index in [1.807, 2.05) is 0 Å². The summed E-state index contributed by atoms with van der Waals surface area (Å²) < 4.78 is 9.92. The zero-order chi connectivity index (χ0) is 18.3. The van der Waals surface area contributed by atoms with E-state index in [1.165, 1.54) is 18.9 Å². The van der Waals surface area contributed by atoms with Gasteiger partial charge in [-0.15, -0.1) is 0 Å². The summed E-state index contributed by atoms with van der Waals surface area (Å²) in [6.45, 7) is 4.51. The highest BCUT2D eigenvalue weighted by Gasteiger charge is 2.30. The summed E-state index contributed by atoms with van der Waals surface area (Å²) >= 11 is 0. The first-order valence-corrected chi connectivity index (χ1v) is 8.15. The lowest BCUT2D eigenvalue weighted by molar-refractivity contribution is -0.166. The van der Waals surface area contributed by atoms with E-state index in [0.717, 1.165) is 12.8 Å². The molecule has 1 aliphatic rings. The molecule has 8 nitrogen and oxygen atoms in total. The molecule has 1 unspecified atom stereocenters. The van der Waals surface area contributed by atoms with E-state index in [9.17, 15) is 19.2 Å². The summed E-state index contributed by atoms with van der Waals surface area (Å²) in [5.41, 5.74) is 0. The number of amides is 2. The molecular weight excluding hydrogens is 316 g/mol. The van der Waals surface area contributed by atoms with Gasteiger partial charge in [-0.3, -0.25) is 14.4 Å². The van der Waals surface area contributed by atoms with Crippen molar-refractivity contribution in [1.29, 1.82) is 0 Å². The second-order valence-electron chi connectivity index (χ2n) is 6.15. The molecule has 0 bridgehead atoms. The Hall–Kier alpha value is -2.12. The Bertz CT molecular complexity index is 491. The first-order chi connectivity index (χ1) is 11.2. The predicted molar refractivity (Wildman–Crippen MR) is 84.9 cm³/mol. The first-order valence-electron chi connectivity index (χ1n) is 8.15. The lowest BCUT2D eigenvalue weighted by Crippen LogP contribution is -2.45. The number of Topliss-reactive ketones (excluding diaryl/α,β-unsaturated/α-hetero) is 1. The molecule has 24 heavy (non-hydrogen) atoms. The molecule has 1 aliphatic carbocycles. The van der Waals surface area contributed by atoms with Crippen LogP contribution in [-0.4, -0.2) is 54.6 Å². The molecule has 0 saturated heterocycles. The molecule has 0 spiro atoms. The third kappa shape index (κ3) is 6.17. The van der Waals surface area contributed by atoms with Gasteiger partial charge in [-0.25, -0.2) is 4.79 Å². The van der Waals surface area contributed by atoms with Crippen LogP contribution >= 0.6 is 0 Å². The highest BCUT2D eigenvalue weighted by atomic mass is 16.7. The number of esters is 1. The predicted octanol–water partition coefficient (Wildman–Crippen LogP) is 1.23. The molecule has 0 aromatic rings. The molecule has 0 radical (unpaired) electrons. The van der Waals surface area contributed by atoms with Crippen molar-refractivity contribution in [3.05, 3.63) is 0 Å². The van der Waals surface area contributed by atoms with E-state index < -0.39 is 24.4 Å². The number of ether oxygens (including phenoxy) is 2. The summed E-state index contributed by atoms with van der Waals surface area (Å²) in [4.78, 5) is 48.1. The van der Waals surface area contributed by atoms with Gasteiger partial charge in [-0.2, -0.15) is 0 Å². The van der Waals surface area contributed by atoms with E-state index in [2.05, 4.69) is 5.32 Å². The number of carbonyl (C=O) groups excluding carboxylic acids is 4. The van der Waals surface area contributed by atoms with Crippen molar-refractivity contribution in [3.63, 3.8) is 0 Å². The fraction of sp³-hybridized carbons (Fsp3) is 0.750. The maximum absolute atomic E-state index is 12.0. The molecule has 8 heteroatoms. The van der Waals surface area contributed by atoms with Crippen LogP contribution in [0.3, 0.4) is 0 Å². The Kier molecular flexibility index (Phi) is 7.67. The normalized spacial score (nSPS) is 18.7. The molecule has 1 fully saturated rings. The van der Waals surface area contributed by atoms with Crippen LogP contribution in [0.15, 0.2) is 0 Å². The van der Waals surface area contributed by atoms with E-state index in [-0.39, 0.29) is 24.2 Å². The van der Waals surface area contributed by atoms with Crippen molar-refractivity contribution < 1.29 is 28.7 Å². The first kappa shape index (κ1) is 19.9. The number of nitrogens with zero attached hydrogens (tertiary/aromatic N) is 1. The van der Waals surface area contributed by atoms with Crippen LogP contribution in [0, 0.1) is 5.92 Å². The van der Waals surface area contributed by atoms with Crippen LogP contribution in [-0.2, 0) is 23.9 Å². The summed E-state index contributed by atoms with van der Waals surface area (Å²) in [6.07, 6.45) is 0.967. The van der Waals surface area contributed by atoms with Crippen LogP contribution in [0.25, 0.3) is 0 Å². The van der Waals surface area contributed by atoms with Crippen molar-refractivity contribution in [2.24, 2.45) is 5.92 Å². The molecule has 0 aromatic carbocycles. The number of likely N-dealkylation sites (N-methyl/N-ethyl adjacent to an activating group) is 1. The van der Waals surface area contributed by atoms with Gasteiger partial charge in [0, 0.05) is 26.3 Å². The zero-order valence-electron chi connectivity index (χ0n) is 14.7. The Morgan fingerprint density at radius 1 is 1.21 bits per heavy atom. The number of hydrogen-bond acceptors (Lipinski definition) is 6. The largest absolute Gasteiger partial charge is 0.424 e. The van der Waals surface area contributed by atoms with Crippen molar-refractivity contribution in [3.8, 4) is 0 Å². The fourth-order valence-electron chi connectivity index (χ4n) is 2.34. The smallest absolute Gasteiger partial charge is 0.413 e. The lowest BCUT2D eigenvalue weighted by Gasteiger charge is -2.30. The van der Waals surface area contributed by atoms with Gasteiger partial charge in [0.2, 0.25) is 12.2 Å². The van der Waals surface area contributed by atoms with Gasteiger partial charge in [-0.05, 0) is 12.8 Å². The highest BCUT2D eigenvalue weighted by Crippen LogP contribution is 2.19. The lowest BCUT2D eigenvalue weighted by atomic mass is 9.93. The Morgan fingerprint density at radius 3 is 2.46 bits per heavy atom.